The Labute approximate surface area is 147 Å². The molecule has 0 atom stereocenters. The molecule has 0 saturated carbocycles. The van der Waals surface area contributed by atoms with Crippen LogP contribution >= 0.6 is 24.0 Å². The average Bonchev–Trinajstić information content (AvgIpc) is 2.61. The van der Waals surface area contributed by atoms with Crippen LogP contribution in [0.5, 0.6) is 5.75 Å². The van der Waals surface area contributed by atoms with Crippen molar-refractivity contribution in [2.75, 3.05) is 4.90 Å². The minimum Gasteiger partial charge on any atom is -0.507 e. The molecule has 23 heavy (non-hydrogen) atoms. The Hall–Kier alpha value is -1.33. The molecule has 124 valence electrons. The zero-order chi connectivity index (χ0) is 17.7. The van der Waals surface area contributed by atoms with Gasteiger partial charge in [0.2, 0.25) is 0 Å². The highest BCUT2D eigenvalue weighted by Crippen LogP contribution is 2.44. The number of thioether (sulfide) groups is 1. The monoisotopic (exact) mass is 349 g/mol. The molecule has 2 rings (SSSR count). The van der Waals surface area contributed by atoms with Crippen molar-refractivity contribution in [3.05, 3.63) is 34.7 Å². The number of amides is 1. The number of aromatic hydroxyl groups is 1. The molecule has 1 aliphatic heterocycles. The summed E-state index contributed by atoms with van der Waals surface area (Å²) in [5.41, 5.74) is 1.79. The lowest BCUT2D eigenvalue weighted by Crippen LogP contribution is -2.29. The SMILES string of the molecule is C=C1SC(=S)N(c2cc(C(C)(C)C)c(O)c(C(C)(C)C)c2)C1=O. The van der Waals surface area contributed by atoms with Crippen molar-refractivity contribution in [2.24, 2.45) is 0 Å². The quantitative estimate of drug-likeness (QED) is 0.580. The fraction of sp³-hybridized carbons (Fsp3) is 0.444. The summed E-state index contributed by atoms with van der Waals surface area (Å²) in [6.45, 7) is 16.0. The molecule has 1 aliphatic rings. The van der Waals surface area contributed by atoms with Gasteiger partial charge in [0.25, 0.3) is 5.91 Å². The van der Waals surface area contributed by atoms with Crippen LogP contribution in [0.3, 0.4) is 0 Å². The number of hydrogen-bond donors (Lipinski definition) is 1. The van der Waals surface area contributed by atoms with Crippen molar-refractivity contribution in [3.8, 4) is 5.75 Å². The van der Waals surface area contributed by atoms with E-state index in [0.29, 0.717) is 14.9 Å². The third-order valence-electron chi connectivity index (χ3n) is 3.80. The van der Waals surface area contributed by atoms with Crippen LogP contribution in [0, 0.1) is 0 Å². The van der Waals surface area contributed by atoms with Gasteiger partial charge in [-0.1, -0.05) is 72.1 Å². The van der Waals surface area contributed by atoms with Crippen LogP contribution in [0.2, 0.25) is 0 Å². The van der Waals surface area contributed by atoms with Gasteiger partial charge in [-0.15, -0.1) is 0 Å². The van der Waals surface area contributed by atoms with Gasteiger partial charge in [-0.05, 0) is 23.0 Å². The van der Waals surface area contributed by atoms with Gasteiger partial charge in [0.1, 0.15) is 5.75 Å². The third-order valence-corrected chi connectivity index (χ3v) is 5.01. The van der Waals surface area contributed by atoms with E-state index in [1.807, 2.05) is 53.7 Å². The lowest BCUT2D eigenvalue weighted by atomic mass is 9.79. The summed E-state index contributed by atoms with van der Waals surface area (Å²) in [7, 11) is 0. The Morgan fingerprint density at radius 3 is 1.83 bits per heavy atom. The van der Waals surface area contributed by atoms with E-state index >= 15 is 0 Å². The highest BCUT2D eigenvalue weighted by Gasteiger charge is 2.35. The van der Waals surface area contributed by atoms with Gasteiger partial charge in [0, 0.05) is 11.1 Å². The minimum absolute atomic E-state index is 0.189. The van der Waals surface area contributed by atoms with E-state index < -0.39 is 0 Å². The maximum absolute atomic E-state index is 12.4. The highest BCUT2D eigenvalue weighted by atomic mass is 32.2. The molecule has 0 aromatic heterocycles. The fourth-order valence-electron chi connectivity index (χ4n) is 2.52. The molecule has 0 radical (unpaired) electrons. The Kier molecular flexibility index (Phi) is 4.41. The smallest absolute Gasteiger partial charge is 0.270 e. The number of rotatable bonds is 1. The molecule has 0 unspecified atom stereocenters. The highest BCUT2D eigenvalue weighted by molar-refractivity contribution is 8.27. The van der Waals surface area contributed by atoms with Gasteiger partial charge in [-0.25, -0.2) is 0 Å². The zero-order valence-electron chi connectivity index (χ0n) is 14.5. The summed E-state index contributed by atoms with van der Waals surface area (Å²) in [5.74, 6) is 0.100. The van der Waals surface area contributed by atoms with E-state index in [0.717, 1.165) is 11.1 Å². The molecule has 1 aromatic rings. The molecule has 0 bridgehead atoms. The summed E-state index contributed by atoms with van der Waals surface area (Å²) in [4.78, 5) is 14.3. The molecule has 1 saturated heterocycles. The largest absolute Gasteiger partial charge is 0.507 e. The van der Waals surface area contributed by atoms with E-state index in [1.54, 1.807) is 0 Å². The summed E-state index contributed by atoms with van der Waals surface area (Å²) in [6.07, 6.45) is 0. The number of phenolic OH excluding ortho intramolecular Hbond substituents is 1. The van der Waals surface area contributed by atoms with Crippen LogP contribution in [-0.4, -0.2) is 15.3 Å². The molecule has 1 heterocycles. The standard InChI is InChI=1S/C18H23NO2S2/c1-10-15(21)19(16(22)23-10)11-8-12(17(2,3)4)14(20)13(9-11)18(5,6)7/h8-9,20H,1H2,2-7H3. The number of thiocarbonyl (C=S) groups is 1. The second kappa shape index (κ2) is 5.64. The van der Waals surface area contributed by atoms with Gasteiger partial charge >= 0.3 is 0 Å². The number of benzene rings is 1. The lowest BCUT2D eigenvalue weighted by molar-refractivity contribution is -0.113. The van der Waals surface area contributed by atoms with Crippen LogP contribution in [0.25, 0.3) is 0 Å². The molecule has 0 spiro atoms. The third kappa shape index (κ3) is 3.31. The van der Waals surface area contributed by atoms with Gasteiger partial charge < -0.3 is 5.11 Å². The Morgan fingerprint density at radius 2 is 1.52 bits per heavy atom. The molecular formula is C18H23NO2S2. The van der Waals surface area contributed by atoms with E-state index in [4.69, 9.17) is 12.2 Å². The molecule has 1 amide bonds. The molecule has 3 nitrogen and oxygen atoms in total. The number of hydrogen-bond acceptors (Lipinski definition) is 4. The first-order valence-corrected chi connectivity index (χ1v) is 8.69. The van der Waals surface area contributed by atoms with E-state index in [-0.39, 0.29) is 22.5 Å². The Morgan fingerprint density at radius 1 is 1.09 bits per heavy atom. The number of carbonyl (C=O) groups excluding carboxylic acids is 1. The first-order chi connectivity index (χ1) is 10.3. The van der Waals surface area contributed by atoms with Gasteiger partial charge in [0.15, 0.2) is 4.32 Å². The summed E-state index contributed by atoms with van der Waals surface area (Å²) < 4.78 is 0.477. The average molecular weight is 350 g/mol. The first kappa shape index (κ1) is 18.0. The molecule has 5 heteroatoms. The minimum atomic E-state index is -0.255. The van der Waals surface area contributed by atoms with E-state index in [1.165, 1.54) is 16.7 Å². The summed E-state index contributed by atoms with van der Waals surface area (Å²) >= 11 is 6.54. The number of nitrogens with zero attached hydrogens (tertiary/aromatic N) is 1. The molecule has 1 aromatic carbocycles. The molecule has 1 fully saturated rings. The Balaban J connectivity index is 2.73. The molecule has 0 aliphatic carbocycles. The lowest BCUT2D eigenvalue weighted by Gasteiger charge is -2.29. The summed E-state index contributed by atoms with van der Waals surface area (Å²) in [5, 5.41) is 10.8. The predicted octanol–water partition coefficient (Wildman–Crippen LogP) is 4.87. The van der Waals surface area contributed by atoms with Gasteiger partial charge in [-0.3, -0.25) is 9.69 Å². The fourth-order valence-corrected chi connectivity index (χ4v) is 3.68. The van der Waals surface area contributed by atoms with Crippen molar-refractivity contribution in [1.82, 2.24) is 0 Å². The molecule has 1 N–H and O–H groups in total. The first-order valence-electron chi connectivity index (χ1n) is 7.47. The van der Waals surface area contributed by atoms with Crippen molar-refractivity contribution < 1.29 is 9.90 Å². The van der Waals surface area contributed by atoms with E-state index in [2.05, 4.69) is 6.58 Å². The van der Waals surface area contributed by atoms with Crippen molar-refractivity contribution in [2.45, 2.75) is 52.4 Å². The second-order valence-corrected chi connectivity index (χ2v) is 9.55. The van der Waals surface area contributed by atoms with Gasteiger partial charge in [-0.2, -0.15) is 0 Å². The van der Waals surface area contributed by atoms with Crippen LogP contribution in [0.1, 0.15) is 52.7 Å². The maximum atomic E-state index is 12.4. The van der Waals surface area contributed by atoms with Crippen molar-refractivity contribution in [1.29, 1.82) is 0 Å². The number of carbonyl (C=O) groups is 1. The zero-order valence-corrected chi connectivity index (χ0v) is 16.1. The predicted molar refractivity (Wildman–Crippen MR) is 102 cm³/mol. The summed E-state index contributed by atoms with van der Waals surface area (Å²) in [6, 6.07) is 3.71. The molecular weight excluding hydrogens is 326 g/mol. The van der Waals surface area contributed by atoms with Crippen LogP contribution < -0.4 is 4.90 Å². The van der Waals surface area contributed by atoms with Crippen molar-refractivity contribution >= 4 is 39.9 Å². The Bertz CT molecular complexity index is 674. The number of anilines is 1. The normalized spacial score (nSPS) is 16.4. The second-order valence-electron chi connectivity index (χ2n) is 7.82. The van der Waals surface area contributed by atoms with Crippen LogP contribution in [-0.2, 0) is 15.6 Å². The van der Waals surface area contributed by atoms with Crippen LogP contribution in [0.4, 0.5) is 5.69 Å². The van der Waals surface area contributed by atoms with Gasteiger partial charge in [0.05, 0.1) is 10.6 Å². The maximum Gasteiger partial charge on any atom is 0.270 e. The number of phenols is 1. The van der Waals surface area contributed by atoms with Crippen LogP contribution in [0.15, 0.2) is 23.6 Å². The van der Waals surface area contributed by atoms with E-state index in [9.17, 15) is 9.90 Å². The van der Waals surface area contributed by atoms with Crippen molar-refractivity contribution in [3.63, 3.8) is 0 Å². The topological polar surface area (TPSA) is 40.5 Å².